The van der Waals surface area contributed by atoms with Gasteiger partial charge < -0.3 is 4.52 Å². The maximum absolute atomic E-state index is 12.1. The van der Waals surface area contributed by atoms with Crippen LogP contribution in [-0.2, 0) is 15.6 Å². The Morgan fingerprint density at radius 2 is 2.06 bits per heavy atom. The molecule has 90 valence electrons. The molecular weight excluding hydrogens is 306 g/mol. The lowest BCUT2D eigenvalue weighted by molar-refractivity contribution is 0.392. The Morgan fingerprint density at radius 1 is 1.35 bits per heavy atom. The second-order valence-electron chi connectivity index (χ2n) is 3.62. The third-order valence-electron chi connectivity index (χ3n) is 2.19. The molecule has 4 nitrogen and oxygen atoms in total. The fraction of sp³-hybridized carbons (Fsp3) is 0.182. The lowest BCUT2D eigenvalue weighted by Gasteiger charge is -2.04. The van der Waals surface area contributed by atoms with Gasteiger partial charge in [-0.2, -0.15) is 0 Å². The summed E-state index contributed by atoms with van der Waals surface area (Å²) in [5.74, 6) is 0.440. The van der Waals surface area contributed by atoms with E-state index in [1.807, 2.05) is 0 Å². The molecule has 6 heteroatoms. The van der Waals surface area contributed by atoms with Gasteiger partial charge in [0.1, 0.15) is 11.5 Å². The van der Waals surface area contributed by atoms with E-state index in [1.54, 1.807) is 37.3 Å². The Balaban J connectivity index is 2.35. The van der Waals surface area contributed by atoms with Crippen LogP contribution in [0.3, 0.4) is 0 Å². The van der Waals surface area contributed by atoms with Crippen LogP contribution in [0.5, 0.6) is 0 Å². The number of hydrogen-bond acceptors (Lipinski definition) is 4. The second-order valence-corrected chi connectivity index (χ2v) is 6.43. The molecule has 0 atom stereocenters. The first kappa shape index (κ1) is 12.3. The van der Waals surface area contributed by atoms with Gasteiger partial charge in [-0.05, 0) is 35.0 Å². The molecule has 0 saturated carbocycles. The molecule has 0 aliphatic heterocycles. The quantitative estimate of drug-likeness (QED) is 0.873. The smallest absolute Gasteiger partial charge is 0.185 e. The van der Waals surface area contributed by atoms with Gasteiger partial charge in [0, 0.05) is 10.5 Å². The SMILES string of the molecule is Cc1cc(CS(=O)(=O)c2ccccc2Br)no1. The van der Waals surface area contributed by atoms with E-state index in [1.165, 1.54) is 0 Å². The van der Waals surface area contributed by atoms with Gasteiger partial charge in [0.25, 0.3) is 0 Å². The van der Waals surface area contributed by atoms with E-state index < -0.39 is 9.84 Å². The van der Waals surface area contributed by atoms with Gasteiger partial charge in [0.15, 0.2) is 9.84 Å². The third-order valence-corrected chi connectivity index (χ3v) is 4.84. The molecule has 2 rings (SSSR count). The highest BCUT2D eigenvalue weighted by molar-refractivity contribution is 9.10. The predicted octanol–water partition coefficient (Wildman–Crippen LogP) is 2.72. The number of aromatic nitrogens is 1. The number of aryl methyl sites for hydroxylation is 1. The molecule has 1 heterocycles. The standard InChI is InChI=1S/C11H10BrNO3S/c1-8-6-9(13-16-8)7-17(14,15)11-5-3-2-4-10(11)12/h2-6H,7H2,1H3. The monoisotopic (exact) mass is 315 g/mol. The van der Waals surface area contributed by atoms with E-state index >= 15 is 0 Å². The first-order valence-corrected chi connectivity index (χ1v) is 7.33. The van der Waals surface area contributed by atoms with Crippen LogP contribution in [0.15, 0.2) is 44.2 Å². The number of halogens is 1. The van der Waals surface area contributed by atoms with Crippen molar-refractivity contribution in [2.24, 2.45) is 0 Å². The van der Waals surface area contributed by atoms with Crippen LogP contribution in [0.2, 0.25) is 0 Å². The van der Waals surface area contributed by atoms with E-state index in [0.717, 1.165) is 0 Å². The van der Waals surface area contributed by atoms with E-state index in [0.29, 0.717) is 15.9 Å². The summed E-state index contributed by atoms with van der Waals surface area (Å²) in [4.78, 5) is 0.264. The molecule has 0 aliphatic rings. The van der Waals surface area contributed by atoms with Crippen molar-refractivity contribution in [3.05, 3.63) is 46.3 Å². The molecule has 0 N–H and O–H groups in total. The predicted molar refractivity (Wildman–Crippen MR) is 66.3 cm³/mol. The van der Waals surface area contributed by atoms with Crippen molar-refractivity contribution in [1.29, 1.82) is 0 Å². The Kier molecular flexibility index (Phi) is 3.35. The van der Waals surface area contributed by atoms with Crippen LogP contribution in [0.25, 0.3) is 0 Å². The molecular formula is C11H10BrNO3S. The van der Waals surface area contributed by atoms with Gasteiger partial charge in [-0.1, -0.05) is 17.3 Å². The number of hydrogen-bond donors (Lipinski definition) is 0. The fourth-order valence-corrected chi connectivity index (χ4v) is 3.81. The van der Waals surface area contributed by atoms with Crippen LogP contribution in [0.1, 0.15) is 11.5 Å². The molecule has 0 aliphatic carbocycles. The topological polar surface area (TPSA) is 60.2 Å². The highest BCUT2D eigenvalue weighted by Gasteiger charge is 2.19. The first-order chi connectivity index (χ1) is 7.99. The number of nitrogens with zero attached hydrogens (tertiary/aromatic N) is 1. The van der Waals surface area contributed by atoms with E-state index in [4.69, 9.17) is 4.52 Å². The van der Waals surface area contributed by atoms with Gasteiger partial charge >= 0.3 is 0 Å². The summed E-state index contributed by atoms with van der Waals surface area (Å²) >= 11 is 3.23. The average Bonchev–Trinajstić information content (AvgIpc) is 2.63. The molecule has 0 bridgehead atoms. The van der Waals surface area contributed by atoms with Crippen molar-refractivity contribution in [3.63, 3.8) is 0 Å². The molecule has 0 unspecified atom stereocenters. The average molecular weight is 316 g/mol. The number of rotatable bonds is 3. The zero-order chi connectivity index (χ0) is 12.5. The normalized spacial score (nSPS) is 11.6. The van der Waals surface area contributed by atoms with Gasteiger partial charge in [-0.25, -0.2) is 8.42 Å². The lowest BCUT2D eigenvalue weighted by atomic mass is 10.4. The van der Waals surface area contributed by atoms with Crippen molar-refractivity contribution in [2.45, 2.75) is 17.6 Å². The minimum atomic E-state index is -3.40. The van der Waals surface area contributed by atoms with Crippen LogP contribution < -0.4 is 0 Å². The largest absolute Gasteiger partial charge is 0.361 e. The molecule has 1 aromatic heterocycles. The Morgan fingerprint density at radius 3 is 2.65 bits per heavy atom. The molecule has 0 spiro atoms. The molecule has 0 radical (unpaired) electrons. The molecule has 1 aromatic carbocycles. The summed E-state index contributed by atoms with van der Waals surface area (Å²) in [5, 5.41) is 3.69. The summed E-state index contributed by atoms with van der Waals surface area (Å²) < 4.78 is 29.6. The molecule has 17 heavy (non-hydrogen) atoms. The van der Waals surface area contributed by atoms with Crippen LogP contribution in [0.4, 0.5) is 0 Å². The molecule has 0 saturated heterocycles. The van der Waals surface area contributed by atoms with Crippen LogP contribution in [-0.4, -0.2) is 13.6 Å². The molecule has 0 amide bonds. The first-order valence-electron chi connectivity index (χ1n) is 4.88. The van der Waals surface area contributed by atoms with E-state index in [2.05, 4.69) is 21.1 Å². The van der Waals surface area contributed by atoms with Gasteiger partial charge in [0.2, 0.25) is 0 Å². The maximum atomic E-state index is 12.1. The minimum Gasteiger partial charge on any atom is -0.361 e. The zero-order valence-corrected chi connectivity index (χ0v) is 11.5. The second kappa shape index (κ2) is 4.62. The lowest BCUT2D eigenvalue weighted by Crippen LogP contribution is -2.05. The van der Waals surface area contributed by atoms with E-state index in [-0.39, 0.29) is 10.6 Å². The van der Waals surface area contributed by atoms with Gasteiger partial charge in [-0.15, -0.1) is 0 Å². The van der Waals surface area contributed by atoms with Crippen molar-refractivity contribution in [2.75, 3.05) is 0 Å². The van der Waals surface area contributed by atoms with Crippen LogP contribution >= 0.6 is 15.9 Å². The summed E-state index contributed by atoms with van der Waals surface area (Å²) in [7, 11) is -3.40. The van der Waals surface area contributed by atoms with Gasteiger partial charge in [-0.3, -0.25) is 0 Å². The van der Waals surface area contributed by atoms with Gasteiger partial charge in [0.05, 0.1) is 10.6 Å². The number of benzene rings is 1. The Hall–Kier alpha value is -1.14. The highest BCUT2D eigenvalue weighted by atomic mass is 79.9. The maximum Gasteiger partial charge on any atom is 0.185 e. The third kappa shape index (κ3) is 2.76. The molecule has 2 aromatic rings. The zero-order valence-electron chi connectivity index (χ0n) is 9.05. The highest BCUT2D eigenvalue weighted by Crippen LogP contribution is 2.24. The van der Waals surface area contributed by atoms with Crippen molar-refractivity contribution >= 4 is 25.8 Å². The van der Waals surface area contributed by atoms with E-state index in [9.17, 15) is 8.42 Å². The summed E-state index contributed by atoms with van der Waals surface area (Å²) in [5.41, 5.74) is 0.415. The van der Waals surface area contributed by atoms with Crippen molar-refractivity contribution in [1.82, 2.24) is 5.16 Å². The Bertz CT molecular complexity index is 634. The molecule has 0 fully saturated rings. The fourth-order valence-electron chi connectivity index (χ4n) is 1.46. The summed E-state index contributed by atoms with van der Waals surface area (Å²) in [6.45, 7) is 1.72. The minimum absolute atomic E-state index is 0.160. The Labute approximate surface area is 108 Å². The summed E-state index contributed by atoms with van der Waals surface area (Å²) in [6.07, 6.45) is 0. The van der Waals surface area contributed by atoms with Crippen molar-refractivity contribution in [3.8, 4) is 0 Å². The van der Waals surface area contributed by atoms with Crippen molar-refractivity contribution < 1.29 is 12.9 Å². The number of sulfone groups is 1. The summed E-state index contributed by atoms with van der Waals surface area (Å²) in [6, 6.07) is 8.33. The van der Waals surface area contributed by atoms with Crippen LogP contribution in [0, 0.1) is 6.92 Å².